The van der Waals surface area contributed by atoms with Crippen LogP contribution in [0.5, 0.6) is 0 Å². The number of aromatic nitrogens is 1. The third-order valence-electron chi connectivity index (χ3n) is 9.85. The number of carbonyl (C=O) groups is 1. The highest BCUT2D eigenvalue weighted by molar-refractivity contribution is 6.17. The van der Waals surface area contributed by atoms with Gasteiger partial charge in [0.15, 0.2) is 6.23 Å². The predicted molar refractivity (Wildman–Crippen MR) is 200 cm³/mol. The van der Waals surface area contributed by atoms with Crippen LogP contribution < -0.4 is 4.90 Å². The van der Waals surface area contributed by atoms with Crippen molar-refractivity contribution in [1.82, 2.24) is 4.57 Å². The van der Waals surface area contributed by atoms with Crippen molar-refractivity contribution < 1.29 is 9.90 Å². The van der Waals surface area contributed by atoms with E-state index in [-0.39, 0.29) is 5.91 Å². The van der Waals surface area contributed by atoms with Crippen LogP contribution in [0.1, 0.15) is 27.7 Å². The Morgan fingerprint density at radius 2 is 1.14 bits per heavy atom. The molecule has 49 heavy (non-hydrogen) atoms. The van der Waals surface area contributed by atoms with Crippen LogP contribution in [-0.2, 0) is 0 Å². The van der Waals surface area contributed by atoms with E-state index in [9.17, 15) is 9.90 Å². The molecule has 1 aliphatic heterocycles. The van der Waals surface area contributed by atoms with E-state index in [1.165, 1.54) is 11.1 Å². The molecular formula is C45H32N2O2. The van der Waals surface area contributed by atoms with Gasteiger partial charge in [-0.15, -0.1) is 0 Å². The summed E-state index contributed by atoms with van der Waals surface area (Å²) in [5.74, 6) is -0.235. The average molecular weight is 633 g/mol. The fraction of sp³-hybridized carbons (Fsp3) is 0.0444. The van der Waals surface area contributed by atoms with Gasteiger partial charge in [-0.25, -0.2) is 0 Å². The summed E-state index contributed by atoms with van der Waals surface area (Å²) >= 11 is 0. The SMILES string of the molecule is Cc1ccccc1-c1ccc2c3ccccc3n(-c3cccc4c3C(=O)N(c3cccc(-c5ccccc5)c3-c3ccccc3)C4O)c2c1. The Morgan fingerprint density at radius 1 is 0.510 bits per heavy atom. The molecule has 1 unspecified atom stereocenters. The first-order chi connectivity index (χ1) is 24.1. The second-order valence-electron chi connectivity index (χ2n) is 12.6. The Bertz CT molecular complexity index is 2550. The molecule has 1 N–H and O–H groups in total. The van der Waals surface area contributed by atoms with Crippen LogP contribution in [0, 0.1) is 6.92 Å². The molecule has 0 spiro atoms. The highest BCUT2D eigenvalue weighted by atomic mass is 16.3. The van der Waals surface area contributed by atoms with E-state index in [2.05, 4.69) is 102 Å². The smallest absolute Gasteiger partial charge is 0.263 e. The van der Waals surface area contributed by atoms with Crippen LogP contribution in [0.25, 0.3) is 60.9 Å². The van der Waals surface area contributed by atoms with Crippen molar-refractivity contribution in [3.05, 3.63) is 180 Å². The highest BCUT2D eigenvalue weighted by Crippen LogP contribution is 2.47. The molecule has 9 rings (SSSR count). The van der Waals surface area contributed by atoms with Gasteiger partial charge in [0.2, 0.25) is 0 Å². The second kappa shape index (κ2) is 11.5. The minimum Gasteiger partial charge on any atom is -0.369 e. The quantitative estimate of drug-likeness (QED) is 0.205. The van der Waals surface area contributed by atoms with Crippen LogP contribution in [0.15, 0.2) is 164 Å². The predicted octanol–water partition coefficient (Wildman–Crippen LogP) is 10.7. The van der Waals surface area contributed by atoms with Gasteiger partial charge in [-0.3, -0.25) is 9.69 Å². The minimum absolute atomic E-state index is 0.235. The van der Waals surface area contributed by atoms with Crippen molar-refractivity contribution in [2.75, 3.05) is 4.90 Å². The lowest BCUT2D eigenvalue weighted by molar-refractivity contribution is 0.0935. The van der Waals surface area contributed by atoms with Crippen LogP contribution in [0.2, 0.25) is 0 Å². The summed E-state index contributed by atoms with van der Waals surface area (Å²) in [6.45, 7) is 2.13. The molecule has 234 valence electrons. The third kappa shape index (κ3) is 4.53. The number of aliphatic hydroxyl groups excluding tert-OH is 1. The lowest BCUT2D eigenvalue weighted by Gasteiger charge is -2.26. The van der Waals surface area contributed by atoms with Gasteiger partial charge in [-0.05, 0) is 64.6 Å². The van der Waals surface area contributed by atoms with E-state index in [1.54, 1.807) is 4.90 Å². The Labute approximate surface area is 284 Å². The number of aryl methyl sites for hydroxylation is 1. The number of hydrogen-bond donors (Lipinski definition) is 1. The van der Waals surface area contributed by atoms with Gasteiger partial charge in [0, 0.05) is 21.9 Å². The van der Waals surface area contributed by atoms with E-state index in [0.717, 1.165) is 55.3 Å². The molecule has 1 aromatic heterocycles. The van der Waals surface area contributed by atoms with Gasteiger partial charge in [0.1, 0.15) is 0 Å². The zero-order valence-electron chi connectivity index (χ0n) is 26.9. The molecule has 8 aromatic rings. The monoisotopic (exact) mass is 632 g/mol. The summed E-state index contributed by atoms with van der Waals surface area (Å²) in [5, 5.41) is 14.3. The van der Waals surface area contributed by atoms with Gasteiger partial charge in [-0.1, -0.05) is 140 Å². The van der Waals surface area contributed by atoms with Crippen LogP contribution in [0.4, 0.5) is 5.69 Å². The van der Waals surface area contributed by atoms with Gasteiger partial charge in [0.25, 0.3) is 5.91 Å². The van der Waals surface area contributed by atoms with E-state index in [4.69, 9.17) is 0 Å². The maximum atomic E-state index is 14.9. The standard InChI is InChI=1S/C45H32N2O2/c1-29-14-8-9-19-33(29)32-26-27-36-35-20-10-11-23-38(35)46(41(36)28-32)40-25-13-22-37-43(40)45(49)47(44(37)48)39-24-12-21-34(30-15-4-2-5-16-30)42(39)31-17-6-3-7-18-31/h2-28,44,48H,1H3. The van der Waals surface area contributed by atoms with Crippen molar-refractivity contribution in [1.29, 1.82) is 0 Å². The lowest BCUT2D eigenvalue weighted by atomic mass is 9.92. The average Bonchev–Trinajstić information content (AvgIpc) is 3.62. The second-order valence-corrected chi connectivity index (χ2v) is 12.6. The fourth-order valence-corrected chi connectivity index (χ4v) is 7.61. The lowest BCUT2D eigenvalue weighted by Crippen LogP contribution is -2.28. The number of benzene rings is 7. The molecule has 0 radical (unpaired) electrons. The van der Waals surface area contributed by atoms with E-state index < -0.39 is 6.23 Å². The minimum atomic E-state index is -1.16. The third-order valence-corrected chi connectivity index (χ3v) is 9.85. The molecular weight excluding hydrogens is 601 g/mol. The van der Waals surface area contributed by atoms with Gasteiger partial charge in [0.05, 0.1) is 28.0 Å². The molecule has 0 aliphatic carbocycles. The number of anilines is 1. The number of aliphatic hydroxyl groups is 1. The van der Waals surface area contributed by atoms with E-state index in [0.29, 0.717) is 16.8 Å². The summed E-state index contributed by atoms with van der Waals surface area (Å²) in [4.78, 5) is 16.5. The first-order valence-corrected chi connectivity index (χ1v) is 16.6. The summed E-state index contributed by atoms with van der Waals surface area (Å²) in [7, 11) is 0. The first-order valence-electron chi connectivity index (χ1n) is 16.6. The topological polar surface area (TPSA) is 45.5 Å². The van der Waals surface area contributed by atoms with Crippen LogP contribution >= 0.6 is 0 Å². The van der Waals surface area contributed by atoms with Crippen molar-refractivity contribution in [3.8, 4) is 39.1 Å². The summed E-state index contributed by atoms with van der Waals surface area (Å²) in [6, 6.07) is 55.4. The zero-order chi connectivity index (χ0) is 33.1. The Morgan fingerprint density at radius 3 is 1.94 bits per heavy atom. The number of nitrogens with zero attached hydrogens (tertiary/aromatic N) is 2. The molecule has 0 bridgehead atoms. The summed E-state index contributed by atoms with van der Waals surface area (Å²) in [5.41, 5.74) is 11.9. The highest BCUT2D eigenvalue weighted by Gasteiger charge is 2.40. The molecule has 4 heteroatoms. The van der Waals surface area contributed by atoms with Crippen molar-refractivity contribution in [2.24, 2.45) is 0 Å². The number of para-hydroxylation sites is 1. The number of rotatable bonds is 5. The summed E-state index contributed by atoms with van der Waals surface area (Å²) in [6.07, 6.45) is -1.16. The number of amides is 1. The fourth-order valence-electron chi connectivity index (χ4n) is 7.61. The Hall–Kier alpha value is -6.23. The maximum Gasteiger partial charge on any atom is 0.263 e. The van der Waals surface area contributed by atoms with Gasteiger partial charge < -0.3 is 9.67 Å². The van der Waals surface area contributed by atoms with E-state index >= 15 is 0 Å². The molecule has 4 nitrogen and oxygen atoms in total. The summed E-state index contributed by atoms with van der Waals surface area (Å²) < 4.78 is 2.19. The number of carbonyl (C=O) groups excluding carboxylic acids is 1. The largest absolute Gasteiger partial charge is 0.369 e. The molecule has 1 amide bonds. The number of fused-ring (bicyclic) bond motifs is 4. The molecule has 7 aromatic carbocycles. The molecule has 2 heterocycles. The normalized spacial score (nSPS) is 14.1. The zero-order valence-corrected chi connectivity index (χ0v) is 26.9. The Kier molecular flexibility index (Phi) is 6.78. The molecule has 0 saturated carbocycles. The molecule has 0 saturated heterocycles. The van der Waals surface area contributed by atoms with Crippen molar-refractivity contribution in [3.63, 3.8) is 0 Å². The van der Waals surface area contributed by atoms with Crippen molar-refractivity contribution in [2.45, 2.75) is 13.2 Å². The molecule has 1 atom stereocenters. The van der Waals surface area contributed by atoms with Crippen LogP contribution in [0.3, 0.4) is 0 Å². The van der Waals surface area contributed by atoms with E-state index in [1.807, 2.05) is 72.8 Å². The Balaban J connectivity index is 1.27. The first kappa shape index (κ1) is 29.0. The van der Waals surface area contributed by atoms with Crippen LogP contribution in [-0.4, -0.2) is 15.6 Å². The maximum absolute atomic E-state index is 14.9. The molecule has 1 aliphatic rings. The molecule has 0 fully saturated rings. The number of hydrogen-bond acceptors (Lipinski definition) is 2. The van der Waals surface area contributed by atoms with Gasteiger partial charge in [-0.2, -0.15) is 0 Å². The van der Waals surface area contributed by atoms with Crippen molar-refractivity contribution >= 4 is 33.4 Å². The van der Waals surface area contributed by atoms with Gasteiger partial charge >= 0.3 is 0 Å².